The number of alkyl halides is 2. The van der Waals surface area contributed by atoms with E-state index in [1.165, 1.54) is 17.0 Å². The van der Waals surface area contributed by atoms with E-state index < -0.39 is 18.1 Å². The lowest BCUT2D eigenvalue weighted by Crippen LogP contribution is -2.10. The third kappa shape index (κ3) is 2.11. The molecule has 22 heavy (non-hydrogen) atoms. The minimum atomic E-state index is -2.88. The molecule has 0 radical (unpaired) electrons. The lowest BCUT2D eigenvalue weighted by molar-refractivity contribution is 0.0590. The first kappa shape index (κ1) is 14.1. The summed E-state index contributed by atoms with van der Waals surface area (Å²) in [7, 11) is 1.16. The van der Waals surface area contributed by atoms with Gasteiger partial charge in [0.2, 0.25) is 5.95 Å². The summed E-state index contributed by atoms with van der Waals surface area (Å²) in [5, 5.41) is 0.372. The SMILES string of the molecule is COC(=O)c1c(C(F)F)n(-c2ncccn2)c2ccccc12. The number of aromatic nitrogens is 3. The highest BCUT2D eigenvalue weighted by molar-refractivity contribution is 6.06. The van der Waals surface area contributed by atoms with Crippen molar-refractivity contribution < 1.29 is 18.3 Å². The minimum absolute atomic E-state index is 0.0733. The molecule has 0 aliphatic heterocycles. The fraction of sp³-hybridized carbons (Fsp3) is 0.133. The van der Waals surface area contributed by atoms with Crippen molar-refractivity contribution in [1.82, 2.24) is 14.5 Å². The van der Waals surface area contributed by atoms with E-state index in [0.29, 0.717) is 10.9 Å². The first-order valence-corrected chi connectivity index (χ1v) is 6.42. The predicted octanol–water partition coefficient (Wildman–Crippen LogP) is 3.14. The Hall–Kier alpha value is -2.83. The molecule has 0 amide bonds. The zero-order valence-electron chi connectivity index (χ0n) is 11.5. The Morgan fingerprint density at radius 2 is 1.86 bits per heavy atom. The molecule has 0 atom stereocenters. The fourth-order valence-corrected chi connectivity index (χ4v) is 2.41. The molecule has 5 nitrogen and oxygen atoms in total. The molecular formula is C15H11F2N3O2. The van der Waals surface area contributed by atoms with Crippen LogP contribution in [0.5, 0.6) is 0 Å². The van der Waals surface area contributed by atoms with Crippen molar-refractivity contribution in [3.8, 4) is 5.95 Å². The maximum absolute atomic E-state index is 13.6. The summed E-state index contributed by atoms with van der Waals surface area (Å²) in [5.74, 6) is -0.745. The average Bonchev–Trinajstić information content (AvgIpc) is 2.90. The molecular weight excluding hydrogens is 292 g/mol. The van der Waals surface area contributed by atoms with Gasteiger partial charge in [-0.2, -0.15) is 0 Å². The van der Waals surface area contributed by atoms with E-state index in [2.05, 4.69) is 14.7 Å². The van der Waals surface area contributed by atoms with E-state index in [0.717, 1.165) is 7.11 Å². The molecule has 2 heterocycles. The zero-order chi connectivity index (χ0) is 15.7. The predicted molar refractivity (Wildman–Crippen MR) is 75.2 cm³/mol. The second-order valence-electron chi connectivity index (χ2n) is 4.45. The van der Waals surface area contributed by atoms with Crippen LogP contribution in [0.2, 0.25) is 0 Å². The van der Waals surface area contributed by atoms with Crippen LogP contribution in [-0.2, 0) is 4.74 Å². The van der Waals surface area contributed by atoms with Gasteiger partial charge in [-0.1, -0.05) is 18.2 Å². The average molecular weight is 303 g/mol. The highest BCUT2D eigenvalue weighted by atomic mass is 19.3. The third-order valence-electron chi connectivity index (χ3n) is 3.26. The Morgan fingerprint density at radius 3 is 2.50 bits per heavy atom. The van der Waals surface area contributed by atoms with Gasteiger partial charge >= 0.3 is 5.97 Å². The molecule has 1 aromatic carbocycles. The number of ether oxygens (including phenoxy) is 1. The Kier molecular flexibility index (Phi) is 3.54. The maximum atomic E-state index is 13.6. The van der Waals surface area contributed by atoms with Crippen LogP contribution in [0, 0.1) is 0 Å². The quantitative estimate of drug-likeness (QED) is 0.697. The molecule has 0 N–H and O–H groups in total. The number of para-hydroxylation sites is 1. The molecule has 7 heteroatoms. The number of esters is 1. The smallest absolute Gasteiger partial charge is 0.340 e. The van der Waals surface area contributed by atoms with Gasteiger partial charge in [0, 0.05) is 17.8 Å². The van der Waals surface area contributed by atoms with Crippen LogP contribution in [-0.4, -0.2) is 27.6 Å². The summed E-state index contributed by atoms with van der Waals surface area (Å²) in [6.45, 7) is 0. The molecule has 0 saturated carbocycles. The number of rotatable bonds is 3. The zero-order valence-corrected chi connectivity index (χ0v) is 11.5. The van der Waals surface area contributed by atoms with E-state index >= 15 is 0 Å². The molecule has 0 unspecified atom stereocenters. The molecule has 0 aliphatic carbocycles. The molecule has 0 saturated heterocycles. The molecule has 0 spiro atoms. The van der Waals surface area contributed by atoms with Crippen LogP contribution in [0.15, 0.2) is 42.7 Å². The van der Waals surface area contributed by atoms with Gasteiger partial charge in [-0.15, -0.1) is 0 Å². The summed E-state index contributed by atoms with van der Waals surface area (Å²) in [6, 6.07) is 8.16. The van der Waals surface area contributed by atoms with Crippen LogP contribution in [0.3, 0.4) is 0 Å². The normalized spacial score (nSPS) is 11.1. The summed E-state index contributed by atoms with van der Waals surface area (Å²) >= 11 is 0. The standard InChI is InChI=1S/C15H11F2N3O2/c1-22-14(21)11-9-5-2-3-6-10(9)20(12(11)13(16)17)15-18-7-4-8-19-15/h2-8,13H,1H3. The molecule has 2 aromatic heterocycles. The van der Waals surface area contributed by atoms with E-state index in [9.17, 15) is 13.6 Å². The number of nitrogens with zero attached hydrogens (tertiary/aromatic N) is 3. The van der Waals surface area contributed by atoms with Crippen LogP contribution < -0.4 is 0 Å². The first-order chi connectivity index (χ1) is 10.6. The van der Waals surface area contributed by atoms with E-state index in [1.54, 1.807) is 30.3 Å². The Labute approximate surface area is 124 Å². The van der Waals surface area contributed by atoms with Crippen LogP contribution >= 0.6 is 0 Å². The summed E-state index contributed by atoms with van der Waals surface area (Å²) in [5.41, 5.74) is -0.218. The van der Waals surface area contributed by atoms with Gasteiger partial charge in [-0.3, -0.25) is 4.57 Å². The number of fused-ring (bicyclic) bond motifs is 1. The number of halogens is 2. The Balaban J connectivity index is 2.45. The summed E-state index contributed by atoms with van der Waals surface area (Å²) in [4.78, 5) is 20.0. The van der Waals surface area contributed by atoms with E-state index in [4.69, 9.17) is 0 Å². The van der Waals surface area contributed by atoms with Gasteiger partial charge in [-0.05, 0) is 12.1 Å². The number of hydrogen-bond acceptors (Lipinski definition) is 4. The summed E-state index contributed by atoms with van der Waals surface area (Å²) < 4.78 is 33.1. The number of benzene rings is 1. The van der Waals surface area contributed by atoms with Gasteiger partial charge in [0.1, 0.15) is 5.69 Å². The second kappa shape index (κ2) is 5.51. The van der Waals surface area contributed by atoms with Crippen LogP contribution in [0.4, 0.5) is 8.78 Å². The number of carbonyl (C=O) groups excluding carboxylic acids is 1. The van der Waals surface area contributed by atoms with Gasteiger partial charge < -0.3 is 4.74 Å². The minimum Gasteiger partial charge on any atom is -0.465 e. The Bertz CT molecular complexity index is 831. The van der Waals surface area contributed by atoms with E-state index in [-0.39, 0.29) is 11.5 Å². The highest BCUT2D eigenvalue weighted by Crippen LogP contribution is 2.34. The topological polar surface area (TPSA) is 57.0 Å². The van der Waals surface area contributed by atoms with Crippen molar-refractivity contribution in [2.75, 3.05) is 7.11 Å². The number of methoxy groups -OCH3 is 1. The van der Waals surface area contributed by atoms with Crippen LogP contribution in [0.1, 0.15) is 22.5 Å². The van der Waals surface area contributed by atoms with Crippen molar-refractivity contribution in [3.63, 3.8) is 0 Å². The molecule has 3 aromatic rings. The van der Waals surface area contributed by atoms with Crippen molar-refractivity contribution in [2.24, 2.45) is 0 Å². The van der Waals surface area contributed by atoms with Gasteiger partial charge in [0.25, 0.3) is 6.43 Å². The molecule has 0 fully saturated rings. The largest absolute Gasteiger partial charge is 0.465 e. The fourth-order valence-electron chi connectivity index (χ4n) is 2.41. The number of carbonyl (C=O) groups is 1. The van der Waals surface area contributed by atoms with Gasteiger partial charge in [-0.25, -0.2) is 23.5 Å². The highest BCUT2D eigenvalue weighted by Gasteiger charge is 2.30. The first-order valence-electron chi connectivity index (χ1n) is 6.42. The molecule has 3 rings (SSSR count). The van der Waals surface area contributed by atoms with Crippen molar-refractivity contribution in [3.05, 3.63) is 54.0 Å². The van der Waals surface area contributed by atoms with Crippen molar-refractivity contribution in [1.29, 1.82) is 0 Å². The second-order valence-corrected chi connectivity index (χ2v) is 4.45. The summed E-state index contributed by atoms with van der Waals surface area (Å²) in [6.07, 6.45) is 0.0132. The van der Waals surface area contributed by atoms with Crippen LogP contribution in [0.25, 0.3) is 16.9 Å². The lowest BCUT2D eigenvalue weighted by atomic mass is 10.1. The molecule has 0 aliphatic rings. The van der Waals surface area contributed by atoms with Crippen molar-refractivity contribution >= 4 is 16.9 Å². The van der Waals surface area contributed by atoms with Gasteiger partial charge in [0.05, 0.1) is 18.2 Å². The molecule has 0 bridgehead atoms. The Morgan fingerprint density at radius 1 is 1.18 bits per heavy atom. The third-order valence-corrected chi connectivity index (χ3v) is 3.26. The van der Waals surface area contributed by atoms with Gasteiger partial charge in [0.15, 0.2) is 0 Å². The lowest BCUT2D eigenvalue weighted by Gasteiger charge is -2.08. The number of hydrogen-bond donors (Lipinski definition) is 0. The molecule has 112 valence electrons. The van der Waals surface area contributed by atoms with E-state index in [1.807, 2.05) is 0 Å². The maximum Gasteiger partial charge on any atom is 0.340 e. The monoisotopic (exact) mass is 303 g/mol. The van der Waals surface area contributed by atoms with Crippen molar-refractivity contribution in [2.45, 2.75) is 6.43 Å².